The van der Waals surface area contributed by atoms with Crippen LogP contribution in [-0.4, -0.2) is 6.16 Å². The van der Waals surface area contributed by atoms with E-state index in [2.05, 4.69) is 50.8 Å². The van der Waals surface area contributed by atoms with Gasteiger partial charge >= 0.3 is 0 Å². The van der Waals surface area contributed by atoms with Crippen LogP contribution in [0.2, 0.25) is 0 Å². The molecule has 0 aromatic heterocycles. The molecule has 0 saturated carbocycles. The van der Waals surface area contributed by atoms with Crippen LogP contribution in [0, 0.1) is 16.7 Å². The van der Waals surface area contributed by atoms with E-state index in [0.29, 0.717) is 10.8 Å². The van der Waals surface area contributed by atoms with Crippen molar-refractivity contribution in [1.29, 1.82) is 0 Å². The molecule has 0 heterocycles. The topological polar surface area (TPSA) is 0 Å². The van der Waals surface area contributed by atoms with Crippen LogP contribution in [0.1, 0.15) is 48.0 Å². The fraction of sp³-hybridized carbons (Fsp3) is 1.00. The Bertz CT molecular complexity index is 111. The van der Waals surface area contributed by atoms with Crippen LogP contribution >= 0.6 is 9.24 Å². The van der Waals surface area contributed by atoms with Crippen molar-refractivity contribution in [2.24, 2.45) is 16.7 Å². The maximum Gasteiger partial charge on any atom is -0.0313 e. The zero-order valence-corrected chi connectivity index (χ0v) is 10.7. The first-order valence-corrected chi connectivity index (χ1v) is 5.71. The van der Waals surface area contributed by atoms with Gasteiger partial charge in [-0.25, -0.2) is 0 Å². The van der Waals surface area contributed by atoms with Gasteiger partial charge in [-0.1, -0.05) is 41.5 Å². The molecule has 74 valence electrons. The minimum absolute atomic E-state index is 0.439. The molecule has 0 bridgehead atoms. The van der Waals surface area contributed by atoms with Crippen LogP contribution in [-0.2, 0) is 0 Å². The zero-order valence-electron chi connectivity index (χ0n) is 9.57. The van der Waals surface area contributed by atoms with Crippen LogP contribution in [0.5, 0.6) is 0 Å². The number of hydrogen-bond acceptors (Lipinski definition) is 0. The lowest BCUT2D eigenvalue weighted by Gasteiger charge is -2.40. The lowest BCUT2D eigenvalue weighted by Crippen LogP contribution is -2.32. The van der Waals surface area contributed by atoms with E-state index < -0.39 is 0 Å². The first kappa shape index (κ1) is 12.4. The molecular formula is C11H25P. The van der Waals surface area contributed by atoms with Crippen molar-refractivity contribution in [3.8, 4) is 0 Å². The minimum Gasteiger partial charge on any atom is -0.138 e. The summed E-state index contributed by atoms with van der Waals surface area (Å²) >= 11 is 0. The van der Waals surface area contributed by atoms with Gasteiger partial charge in [-0.3, -0.25) is 0 Å². The molecule has 0 radical (unpaired) electrons. The highest BCUT2D eigenvalue weighted by molar-refractivity contribution is 7.16. The van der Waals surface area contributed by atoms with Crippen LogP contribution in [0.25, 0.3) is 0 Å². The van der Waals surface area contributed by atoms with Gasteiger partial charge in [-0.05, 0) is 29.3 Å². The van der Waals surface area contributed by atoms with Gasteiger partial charge in [0.05, 0.1) is 0 Å². The van der Waals surface area contributed by atoms with Crippen LogP contribution in [0.4, 0.5) is 0 Å². The maximum absolute atomic E-state index is 2.84. The number of hydrogen-bond donors (Lipinski definition) is 0. The van der Waals surface area contributed by atoms with E-state index >= 15 is 0 Å². The SMILES string of the molecule is CC(C)(C)C(CCP)C(C)(C)C. The molecule has 0 aliphatic heterocycles. The van der Waals surface area contributed by atoms with E-state index in [1.165, 1.54) is 12.6 Å². The Morgan fingerprint density at radius 2 is 1.25 bits per heavy atom. The predicted octanol–water partition coefficient (Wildman–Crippen LogP) is 3.96. The molecule has 0 aliphatic rings. The quantitative estimate of drug-likeness (QED) is 0.575. The summed E-state index contributed by atoms with van der Waals surface area (Å²) in [6, 6.07) is 0. The molecule has 1 heteroatoms. The third-order valence-corrected chi connectivity index (χ3v) is 2.88. The second kappa shape index (κ2) is 4.09. The predicted molar refractivity (Wildman–Crippen MR) is 61.6 cm³/mol. The van der Waals surface area contributed by atoms with Crippen molar-refractivity contribution >= 4 is 9.24 Å². The van der Waals surface area contributed by atoms with Gasteiger partial charge in [0.25, 0.3) is 0 Å². The first-order valence-electron chi connectivity index (χ1n) is 4.89. The largest absolute Gasteiger partial charge is 0.138 e. The summed E-state index contributed by atoms with van der Waals surface area (Å²) < 4.78 is 0. The summed E-state index contributed by atoms with van der Waals surface area (Å²) in [5.74, 6) is 0.808. The fourth-order valence-corrected chi connectivity index (χ4v) is 2.67. The van der Waals surface area contributed by atoms with E-state index in [1.807, 2.05) is 0 Å². The molecule has 0 saturated heterocycles. The third-order valence-electron chi connectivity index (χ3n) is 2.55. The summed E-state index contributed by atoms with van der Waals surface area (Å²) in [5.41, 5.74) is 0.879. The second-order valence-electron chi connectivity index (χ2n) is 5.86. The van der Waals surface area contributed by atoms with Gasteiger partial charge in [0, 0.05) is 0 Å². The van der Waals surface area contributed by atoms with Crippen molar-refractivity contribution in [1.82, 2.24) is 0 Å². The molecule has 0 nitrogen and oxygen atoms in total. The zero-order chi connectivity index (χ0) is 9.99. The Labute approximate surface area is 80.7 Å². The van der Waals surface area contributed by atoms with Gasteiger partial charge in [0.15, 0.2) is 0 Å². The van der Waals surface area contributed by atoms with Crippen molar-refractivity contribution in [3.05, 3.63) is 0 Å². The molecule has 1 unspecified atom stereocenters. The van der Waals surface area contributed by atoms with E-state index in [0.717, 1.165) is 5.92 Å². The van der Waals surface area contributed by atoms with E-state index in [1.54, 1.807) is 0 Å². The molecule has 0 rings (SSSR count). The number of rotatable bonds is 2. The summed E-state index contributed by atoms with van der Waals surface area (Å²) in [5, 5.41) is 0. The van der Waals surface area contributed by atoms with E-state index in [-0.39, 0.29) is 0 Å². The van der Waals surface area contributed by atoms with Crippen LogP contribution in [0.3, 0.4) is 0 Å². The molecule has 0 amide bonds. The van der Waals surface area contributed by atoms with E-state index in [9.17, 15) is 0 Å². The first-order chi connectivity index (χ1) is 5.19. The van der Waals surface area contributed by atoms with Crippen molar-refractivity contribution in [3.63, 3.8) is 0 Å². The summed E-state index contributed by atoms with van der Waals surface area (Å²) in [4.78, 5) is 0. The molecule has 0 fully saturated rings. The Morgan fingerprint density at radius 1 is 0.917 bits per heavy atom. The van der Waals surface area contributed by atoms with Crippen molar-refractivity contribution in [2.75, 3.05) is 6.16 Å². The maximum atomic E-state index is 2.84. The Hall–Kier alpha value is 0.430. The Morgan fingerprint density at radius 3 is 1.33 bits per heavy atom. The van der Waals surface area contributed by atoms with Gasteiger partial charge in [-0.2, -0.15) is 0 Å². The van der Waals surface area contributed by atoms with Gasteiger partial charge < -0.3 is 0 Å². The Kier molecular flexibility index (Phi) is 4.24. The molecule has 0 aromatic rings. The molecule has 0 N–H and O–H groups in total. The standard InChI is InChI=1S/C11H25P/c1-10(2,3)9(7-8-12)11(4,5)6/h9H,7-8,12H2,1-6H3. The van der Waals surface area contributed by atoms with E-state index in [4.69, 9.17) is 0 Å². The van der Waals surface area contributed by atoms with Crippen molar-refractivity contribution < 1.29 is 0 Å². The smallest absolute Gasteiger partial charge is 0.0313 e. The van der Waals surface area contributed by atoms with Crippen molar-refractivity contribution in [2.45, 2.75) is 48.0 Å². The highest BCUT2D eigenvalue weighted by atomic mass is 31.0. The Balaban J connectivity index is 4.45. The summed E-state index contributed by atoms with van der Waals surface area (Å²) in [7, 11) is 2.84. The highest BCUT2D eigenvalue weighted by Crippen LogP contribution is 2.42. The molecule has 0 aliphatic carbocycles. The molecular weight excluding hydrogens is 163 g/mol. The molecule has 0 spiro atoms. The second-order valence-corrected chi connectivity index (χ2v) is 6.44. The monoisotopic (exact) mass is 188 g/mol. The highest BCUT2D eigenvalue weighted by Gasteiger charge is 2.33. The normalized spacial score (nSPS) is 14.0. The average molecular weight is 188 g/mol. The fourth-order valence-electron chi connectivity index (χ4n) is 2.33. The molecule has 12 heavy (non-hydrogen) atoms. The molecule has 0 aromatic carbocycles. The molecule has 1 atom stereocenters. The van der Waals surface area contributed by atoms with Crippen LogP contribution in [0.15, 0.2) is 0 Å². The minimum atomic E-state index is 0.439. The lowest BCUT2D eigenvalue weighted by atomic mass is 9.65. The lowest BCUT2D eigenvalue weighted by molar-refractivity contribution is 0.0991. The summed E-state index contributed by atoms with van der Waals surface area (Å²) in [6.45, 7) is 14.1. The van der Waals surface area contributed by atoms with Gasteiger partial charge in [-0.15, -0.1) is 9.24 Å². The average Bonchev–Trinajstić information content (AvgIpc) is 1.77. The third kappa shape index (κ3) is 3.90. The van der Waals surface area contributed by atoms with Gasteiger partial charge in [0.2, 0.25) is 0 Å². The van der Waals surface area contributed by atoms with Gasteiger partial charge in [0.1, 0.15) is 0 Å². The van der Waals surface area contributed by atoms with Crippen LogP contribution < -0.4 is 0 Å². The summed E-state index contributed by atoms with van der Waals surface area (Å²) in [6.07, 6.45) is 2.54.